The molecule has 31 heavy (non-hydrogen) atoms. The lowest BCUT2D eigenvalue weighted by Gasteiger charge is -2.31. The van der Waals surface area contributed by atoms with Crippen LogP contribution in [0.1, 0.15) is 35.8 Å². The Hall–Kier alpha value is -3.41. The maximum Gasteiger partial charge on any atom is 0.310 e. The average Bonchev–Trinajstić information content (AvgIpc) is 3.25. The van der Waals surface area contributed by atoms with E-state index in [4.69, 9.17) is 9.84 Å². The van der Waals surface area contributed by atoms with Crippen molar-refractivity contribution in [2.24, 2.45) is 5.92 Å². The highest BCUT2D eigenvalue weighted by atomic mass is 16.5. The molecule has 1 saturated heterocycles. The van der Waals surface area contributed by atoms with Gasteiger partial charge in [0.05, 0.1) is 23.9 Å². The topological polar surface area (TPSA) is 64.4 Å². The Labute approximate surface area is 182 Å². The second-order valence-electron chi connectivity index (χ2n) is 7.87. The van der Waals surface area contributed by atoms with Gasteiger partial charge in [0, 0.05) is 18.7 Å². The number of aryl methyl sites for hydroxylation is 1. The van der Waals surface area contributed by atoms with Crippen LogP contribution in [0, 0.1) is 12.8 Å². The van der Waals surface area contributed by atoms with Crippen LogP contribution in [-0.2, 0) is 9.53 Å². The lowest BCUT2D eigenvalue weighted by atomic mass is 9.98. The van der Waals surface area contributed by atoms with E-state index in [-0.39, 0.29) is 17.8 Å². The van der Waals surface area contributed by atoms with Gasteiger partial charge >= 0.3 is 5.97 Å². The molecule has 0 radical (unpaired) electrons. The van der Waals surface area contributed by atoms with Crippen LogP contribution in [0.5, 0.6) is 0 Å². The van der Waals surface area contributed by atoms with E-state index in [9.17, 15) is 9.59 Å². The van der Waals surface area contributed by atoms with E-state index in [1.807, 2.05) is 67.6 Å². The maximum absolute atomic E-state index is 13.5. The summed E-state index contributed by atoms with van der Waals surface area (Å²) in [5.74, 6) is -0.622. The van der Waals surface area contributed by atoms with Crippen LogP contribution in [0.15, 0.2) is 60.7 Å². The van der Waals surface area contributed by atoms with Crippen LogP contribution in [0.2, 0.25) is 0 Å². The van der Waals surface area contributed by atoms with Crippen LogP contribution in [-0.4, -0.2) is 46.3 Å². The molecule has 0 bridgehead atoms. The summed E-state index contributed by atoms with van der Waals surface area (Å²) in [6.45, 7) is 5.17. The number of esters is 1. The SMILES string of the molecule is CCOC(=O)C1CCCN(C(=O)c2cc(-c3ccccc3)nn2-c2ccc(C)cc2)C1. The Bertz CT molecular complexity index is 1060. The summed E-state index contributed by atoms with van der Waals surface area (Å²) in [5, 5.41) is 4.76. The van der Waals surface area contributed by atoms with Crippen molar-refractivity contribution < 1.29 is 14.3 Å². The molecule has 0 N–H and O–H groups in total. The number of piperidine rings is 1. The Kier molecular flexibility index (Phi) is 6.16. The van der Waals surface area contributed by atoms with Gasteiger partial charge in [0.15, 0.2) is 0 Å². The molecular weight excluding hydrogens is 390 g/mol. The summed E-state index contributed by atoms with van der Waals surface area (Å²) in [6, 6.07) is 19.6. The van der Waals surface area contributed by atoms with E-state index in [0.29, 0.717) is 25.4 Å². The third-order valence-corrected chi connectivity index (χ3v) is 5.61. The molecular formula is C25H27N3O3. The second kappa shape index (κ2) is 9.16. The standard InChI is InChI=1S/C25H27N3O3/c1-3-31-25(30)20-10-7-15-27(17-20)24(29)23-16-22(19-8-5-4-6-9-19)26-28(23)21-13-11-18(2)12-14-21/h4-6,8-9,11-14,16,20H,3,7,10,15,17H2,1-2H3. The van der Waals surface area contributed by atoms with Gasteiger partial charge in [0.25, 0.3) is 5.91 Å². The highest BCUT2D eigenvalue weighted by Crippen LogP contribution is 2.25. The van der Waals surface area contributed by atoms with E-state index in [1.165, 1.54) is 0 Å². The molecule has 4 rings (SSSR count). The van der Waals surface area contributed by atoms with Crippen molar-refractivity contribution in [3.8, 4) is 16.9 Å². The lowest BCUT2D eigenvalue weighted by molar-refractivity contribution is -0.149. The van der Waals surface area contributed by atoms with E-state index in [0.717, 1.165) is 35.3 Å². The summed E-state index contributed by atoms with van der Waals surface area (Å²) in [4.78, 5) is 27.5. The van der Waals surface area contributed by atoms with Crippen molar-refractivity contribution in [1.29, 1.82) is 0 Å². The third-order valence-electron chi connectivity index (χ3n) is 5.61. The van der Waals surface area contributed by atoms with Crippen LogP contribution in [0.3, 0.4) is 0 Å². The molecule has 3 aromatic rings. The van der Waals surface area contributed by atoms with Crippen LogP contribution in [0.25, 0.3) is 16.9 Å². The number of rotatable bonds is 5. The fourth-order valence-electron chi connectivity index (χ4n) is 3.94. The van der Waals surface area contributed by atoms with E-state index in [1.54, 1.807) is 16.5 Å². The van der Waals surface area contributed by atoms with Gasteiger partial charge in [-0.15, -0.1) is 0 Å². The Morgan fingerprint density at radius 1 is 1.10 bits per heavy atom. The minimum Gasteiger partial charge on any atom is -0.466 e. The molecule has 1 fully saturated rings. The summed E-state index contributed by atoms with van der Waals surface area (Å²) in [6.07, 6.45) is 1.52. The molecule has 6 heteroatoms. The molecule has 0 saturated carbocycles. The molecule has 1 atom stereocenters. The fraction of sp³-hybridized carbons (Fsp3) is 0.320. The van der Waals surface area contributed by atoms with Gasteiger partial charge in [0.1, 0.15) is 5.69 Å². The van der Waals surface area contributed by atoms with Crippen molar-refractivity contribution in [3.05, 3.63) is 71.9 Å². The first kappa shape index (κ1) is 20.8. The molecule has 160 valence electrons. The van der Waals surface area contributed by atoms with Crippen molar-refractivity contribution in [2.75, 3.05) is 19.7 Å². The minimum atomic E-state index is -0.276. The molecule has 2 aromatic carbocycles. The number of carbonyl (C=O) groups excluding carboxylic acids is 2. The van der Waals surface area contributed by atoms with Crippen LogP contribution < -0.4 is 0 Å². The summed E-state index contributed by atoms with van der Waals surface area (Å²) >= 11 is 0. The Morgan fingerprint density at radius 3 is 2.55 bits per heavy atom. The zero-order valence-electron chi connectivity index (χ0n) is 18.0. The van der Waals surface area contributed by atoms with E-state index < -0.39 is 0 Å². The number of hydrogen-bond donors (Lipinski definition) is 0. The number of nitrogens with zero attached hydrogens (tertiary/aromatic N) is 3. The first-order valence-electron chi connectivity index (χ1n) is 10.7. The normalized spacial score (nSPS) is 16.2. The monoisotopic (exact) mass is 417 g/mol. The quantitative estimate of drug-likeness (QED) is 0.582. The smallest absolute Gasteiger partial charge is 0.310 e. The predicted molar refractivity (Wildman–Crippen MR) is 119 cm³/mol. The number of ether oxygens (including phenoxy) is 1. The first-order chi connectivity index (χ1) is 15.1. The molecule has 1 aliphatic rings. The Balaban J connectivity index is 1.69. The number of aromatic nitrogens is 2. The Morgan fingerprint density at radius 2 is 1.84 bits per heavy atom. The largest absolute Gasteiger partial charge is 0.466 e. The summed E-state index contributed by atoms with van der Waals surface area (Å²) in [5.41, 5.74) is 4.15. The van der Waals surface area contributed by atoms with Gasteiger partial charge in [0.2, 0.25) is 0 Å². The second-order valence-corrected chi connectivity index (χ2v) is 7.87. The van der Waals surface area contributed by atoms with Gasteiger partial charge in [-0.1, -0.05) is 48.0 Å². The molecule has 0 aliphatic carbocycles. The van der Waals surface area contributed by atoms with Crippen molar-refractivity contribution in [1.82, 2.24) is 14.7 Å². The van der Waals surface area contributed by atoms with E-state index >= 15 is 0 Å². The highest BCUT2D eigenvalue weighted by Gasteiger charge is 2.31. The van der Waals surface area contributed by atoms with Crippen molar-refractivity contribution in [3.63, 3.8) is 0 Å². The molecule has 2 heterocycles. The fourth-order valence-corrected chi connectivity index (χ4v) is 3.94. The summed E-state index contributed by atoms with van der Waals surface area (Å²) in [7, 11) is 0. The van der Waals surface area contributed by atoms with Gasteiger partial charge in [-0.2, -0.15) is 5.10 Å². The molecule has 1 aromatic heterocycles. The maximum atomic E-state index is 13.5. The number of likely N-dealkylation sites (tertiary alicyclic amines) is 1. The highest BCUT2D eigenvalue weighted by molar-refractivity contribution is 5.95. The molecule has 1 unspecified atom stereocenters. The van der Waals surface area contributed by atoms with E-state index in [2.05, 4.69) is 0 Å². The molecule has 0 spiro atoms. The third kappa shape index (κ3) is 4.53. The molecule has 6 nitrogen and oxygen atoms in total. The number of benzene rings is 2. The first-order valence-corrected chi connectivity index (χ1v) is 10.7. The van der Waals surface area contributed by atoms with Crippen LogP contribution in [0.4, 0.5) is 0 Å². The minimum absolute atomic E-state index is 0.121. The zero-order chi connectivity index (χ0) is 21.8. The predicted octanol–water partition coefficient (Wildman–Crippen LogP) is 4.26. The average molecular weight is 418 g/mol. The van der Waals surface area contributed by atoms with Gasteiger partial charge < -0.3 is 9.64 Å². The number of amides is 1. The number of carbonyl (C=O) groups is 2. The van der Waals surface area contributed by atoms with Crippen LogP contribution >= 0.6 is 0 Å². The zero-order valence-corrected chi connectivity index (χ0v) is 18.0. The summed E-state index contributed by atoms with van der Waals surface area (Å²) < 4.78 is 6.89. The van der Waals surface area contributed by atoms with Gasteiger partial charge in [-0.3, -0.25) is 9.59 Å². The van der Waals surface area contributed by atoms with Gasteiger partial charge in [-0.25, -0.2) is 4.68 Å². The van der Waals surface area contributed by atoms with Crippen molar-refractivity contribution in [2.45, 2.75) is 26.7 Å². The molecule has 1 amide bonds. The number of hydrogen-bond acceptors (Lipinski definition) is 4. The van der Waals surface area contributed by atoms with Crippen molar-refractivity contribution >= 4 is 11.9 Å². The molecule has 1 aliphatic heterocycles. The lowest BCUT2D eigenvalue weighted by Crippen LogP contribution is -2.43. The van der Waals surface area contributed by atoms with Gasteiger partial charge in [-0.05, 0) is 44.9 Å².